The highest BCUT2D eigenvalue weighted by atomic mass is 31.2. The SMILES string of the molecule is CC/C=C\C/C=C\C/C=C\CCCCCCCCCC(=O)OC(COCCCCCCCCCCCCCCCCCCCCCCCCCCC)COP(=O)([O-])OCC[N+](C)(C)C. The molecule has 0 aromatic carbocycles. The Labute approximate surface area is 397 Å². The van der Waals surface area contributed by atoms with Gasteiger partial charge in [-0.15, -0.1) is 0 Å². The molecule has 0 saturated heterocycles. The van der Waals surface area contributed by atoms with Gasteiger partial charge in [-0.05, 0) is 44.9 Å². The van der Waals surface area contributed by atoms with E-state index in [0.717, 1.165) is 57.8 Å². The number of hydrogen-bond acceptors (Lipinski definition) is 7. The molecular weight excluding hydrogens is 818 g/mol. The fraction of sp³-hybridized carbons (Fsp3) is 0.873. The van der Waals surface area contributed by atoms with Crippen molar-refractivity contribution < 1.29 is 37.3 Å². The minimum Gasteiger partial charge on any atom is -0.756 e. The van der Waals surface area contributed by atoms with Crippen LogP contribution in [0.2, 0.25) is 0 Å². The molecule has 0 aliphatic rings. The van der Waals surface area contributed by atoms with Gasteiger partial charge in [-0.25, -0.2) is 0 Å². The molecule has 0 amide bonds. The summed E-state index contributed by atoms with van der Waals surface area (Å²) in [7, 11) is 1.36. The van der Waals surface area contributed by atoms with E-state index >= 15 is 0 Å². The van der Waals surface area contributed by atoms with Crippen molar-refractivity contribution in [1.29, 1.82) is 0 Å². The number of hydrogen-bond donors (Lipinski definition) is 0. The summed E-state index contributed by atoms with van der Waals surface area (Å²) in [4.78, 5) is 25.2. The summed E-state index contributed by atoms with van der Waals surface area (Å²) in [5.41, 5.74) is 0. The third-order valence-corrected chi connectivity index (χ3v) is 12.9. The smallest absolute Gasteiger partial charge is 0.306 e. The van der Waals surface area contributed by atoms with Crippen molar-refractivity contribution in [3.05, 3.63) is 36.5 Å². The van der Waals surface area contributed by atoms with Gasteiger partial charge in [-0.3, -0.25) is 9.36 Å². The summed E-state index contributed by atoms with van der Waals surface area (Å²) in [6.07, 6.45) is 59.0. The highest BCUT2D eigenvalue weighted by Gasteiger charge is 2.20. The second-order valence-corrected chi connectivity index (χ2v) is 21.0. The number of phosphoric acid groups is 1. The fourth-order valence-electron chi connectivity index (χ4n) is 7.80. The van der Waals surface area contributed by atoms with E-state index in [2.05, 4.69) is 50.3 Å². The Morgan fingerprint density at radius 1 is 0.500 bits per heavy atom. The second kappa shape index (κ2) is 48.2. The van der Waals surface area contributed by atoms with Crippen LogP contribution < -0.4 is 4.89 Å². The number of likely N-dealkylation sites (N-methyl/N-ethyl adjacent to an activating group) is 1. The lowest BCUT2D eigenvalue weighted by Gasteiger charge is -2.28. The quantitative estimate of drug-likeness (QED) is 0.0197. The van der Waals surface area contributed by atoms with E-state index in [1.165, 1.54) is 173 Å². The summed E-state index contributed by atoms with van der Waals surface area (Å²) in [5.74, 6) is -0.340. The van der Waals surface area contributed by atoms with Crippen molar-refractivity contribution in [2.24, 2.45) is 0 Å². The van der Waals surface area contributed by atoms with Crippen molar-refractivity contribution in [2.45, 2.75) is 258 Å². The Balaban J connectivity index is 4.04. The maximum Gasteiger partial charge on any atom is 0.306 e. The van der Waals surface area contributed by atoms with E-state index in [9.17, 15) is 14.3 Å². The molecule has 9 heteroatoms. The van der Waals surface area contributed by atoms with Gasteiger partial charge < -0.3 is 27.9 Å². The molecule has 64 heavy (non-hydrogen) atoms. The lowest BCUT2D eigenvalue weighted by molar-refractivity contribution is -0.870. The van der Waals surface area contributed by atoms with Crippen LogP contribution in [-0.4, -0.2) is 70.7 Å². The van der Waals surface area contributed by atoms with Gasteiger partial charge in [0.1, 0.15) is 19.3 Å². The van der Waals surface area contributed by atoms with Crippen LogP contribution in [0.3, 0.4) is 0 Å². The number of nitrogens with zero attached hydrogens (tertiary/aromatic N) is 1. The zero-order valence-corrected chi connectivity index (χ0v) is 43.9. The van der Waals surface area contributed by atoms with Crippen molar-refractivity contribution in [3.8, 4) is 0 Å². The molecule has 2 atom stereocenters. The van der Waals surface area contributed by atoms with Crippen LogP contribution in [0.15, 0.2) is 36.5 Å². The third kappa shape index (κ3) is 51.7. The Bertz CT molecular complexity index is 1120. The zero-order valence-electron chi connectivity index (χ0n) is 43.0. The number of carbonyl (C=O) groups excluding carboxylic acids is 1. The summed E-state index contributed by atoms with van der Waals surface area (Å²) < 4.78 is 34.8. The lowest BCUT2D eigenvalue weighted by Crippen LogP contribution is -2.37. The van der Waals surface area contributed by atoms with Crippen LogP contribution in [0.5, 0.6) is 0 Å². The van der Waals surface area contributed by atoms with Crippen LogP contribution in [0.25, 0.3) is 0 Å². The molecule has 0 aliphatic heterocycles. The van der Waals surface area contributed by atoms with Crippen LogP contribution in [0.4, 0.5) is 0 Å². The Kier molecular flexibility index (Phi) is 47.2. The van der Waals surface area contributed by atoms with E-state index < -0.39 is 13.9 Å². The molecule has 2 unspecified atom stereocenters. The van der Waals surface area contributed by atoms with Crippen LogP contribution in [-0.2, 0) is 27.9 Å². The fourth-order valence-corrected chi connectivity index (χ4v) is 8.53. The first kappa shape index (κ1) is 62.7. The molecule has 0 N–H and O–H groups in total. The monoisotopic (exact) mass is 924 g/mol. The number of ether oxygens (including phenoxy) is 2. The van der Waals surface area contributed by atoms with Gasteiger partial charge in [0.05, 0.1) is 34.4 Å². The minimum atomic E-state index is -4.53. The lowest BCUT2D eigenvalue weighted by atomic mass is 10.0. The summed E-state index contributed by atoms with van der Waals surface area (Å²) in [6, 6.07) is 0. The first-order chi connectivity index (χ1) is 31.1. The first-order valence-corrected chi connectivity index (χ1v) is 28.7. The second-order valence-electron chi connectivity index (χ2n) is 19.6. The van der Waals surface area contributed by atoms with Crippen LogP contribution in [0.1, 0.15) is 251 Å². The van der Waals surface area contributed by atoms with Gasteiger partial charge in [0.25, 0.3) is 7.82 Å². The van der Waals surface area contributed by atoms with E-state index in [4.69, 9.17) is 18.5 Å². The maximum absolute atomic E-state index is 12.7. The Hall–Kier alpha value is -1.28. The summed E-state index contributed by atoms with van der Waals surface area (Å²) >= 11 is 0. The molecule has 378 valence electrons. The number of allylic oxidation sites excluding steroid dienone is 6. The number of phosphoric ester groups is 1. The minimum absolute atomic E-state index is 0.0251. The molecule has 0 aliphatic carbocycles. The molecule has 0 spiro atoms. The van der Waals surface area contributed by atoms with Crippen LogP contribution >= 0.6 is 7.82 Å². The molecule has 0 fully saturated rings. The van der Waals surface area contributed by atoms with Gasteiger partial charge in [-0.2, -0.15) is 0 Å². The highest BCUT2D eigenvalue weighted by molar-refractivity contribution is 7.45. The summed E-state index contributed by atoms with van der Waals surface area (Å²) in [6.45, 7) is 5.34. The molecule has 0 rings (SSSR count). The van der Waals surface area contributed by atoms with Crippen molar-refractivity contribution in [2.75, 3.05) is 54.1 Å². The van der Waals surface area contributed by atoms with E-state index in [-0.39, 0.29) is 25.8 Å². The molecular formula is C55H106NO7P. The number of quaternary nitrogens is 1. The van der Waals surface area contributed by atoms with Gasteiger partial charge >= 0.3 is 5.97 Å². The average Bonchev–Trinajstić information content (AvgIpc) is 3.25. The van der Waals surface area contributed by atoms with E-state index in [1.807, 2.05) is 21.1 Å². The van der Waals surface area contributed by atoms with Gasteiger partial charge in [-0.1, -0.05) is 237 Å². The Morgan fingerprint density at radius 2 is 0.906 bits per heavy atom. The van der Waals surface area contributed by atoms with Crippen molar-refractivity contribution in [1.82, 2.24) is 0 Å². The predicted octanol–water partition coefficient (Wildman–Crippen LogP) is 16.3. The third-order valence-electron chi connectivity index (χ3n) is 12.0. The van der Waals surface area contributed by atoms with Gasteiger partial charge in [0.15, 0.2) is 0 Å². The van der Waals surface area contributed by atoms with Crippen molar-refractivity contribution >= 4 is 13.8 Å². The number of unbranched alkanes of at least 4 members (excludes halogenated alkanes) is 31. The average molecular weight is 924 g/mol. The molecule has 0 radical (unpaired) electrons. The normalized spacial score (nSPS) is 13.8. The van der Waals surface area contributed by atoms with E-state index in [0.29, 0.717) is 24.1 Å². The molecule has 0 aromatic rings. The highest BCUT2D eigenvalue weighted by Crippen LogP contribution is 2.38. The number of esters is 1. The number of rotatable bonds is 51. The Morgan fingerprint density at radius 3 is 1.36 bits per heavy atom. The first-order valence-electron chi connectivity index (χ1n) is 27.2. The molecule has 0 heterocycles. The van der Waals surface area contributed by atoms with Gasteiger partial charge in [0, 0.05) is 13.0 Å². The van der Waals surface area contributed by atoms with E-state index in [1.54, 1.807) is 0 Å². The maximum atomic E-state index is 12.7. The summed E-state index contributed by atoms with van der Waals surface area (Å²) in [5, 5.41) is 0. The number of carbonyl (C=O) groups is 1. The molecule has 0 bridgehead atoms. The molecule has 0 saturated carbocycles. The topological polar surface area (TPSA) is 94.1 Å². The predicted molar refractivity (Wildman–Crippen MR) is 273 cm³/mol. The molecule has 0 aromatic heterocycles. The van der Waals surface area contributed by atoms with Gasteiger partial charge in [0.2, 0.25) is 0 Å². The van der Waals surface area contributed by atoms with Crippen molar-refractivity contribution in [3.63, 3.8) is 0 Å². The largest absolute Gasteiger partial charge is 0.756 e. The van der Waals surface area contributed by atoms with Crippen LogP contribution in [0, 0.1) is 0 Å². The molecule has 8 nitrogen and oxygen atoms in total. The zero-order chi connectivity index (χ0) is 46.9. The standard InChI is InChI=1S/C55H106NO7P/c1-6-8-10-12-14-16-18-20-22-24-25-26-27-28-29-30-31-33-35-37-39-41-43-45-47-50-60-52-54(53-62-64(58,59)61-51-49-56(3,4)5)63-55(57)48-46-44-42-40-38-36-34-32-23-21-19-17-15-13-11-9-7-2/h9,11,15,17,21,23,54H,6-8,10,12-14,16,18-20,22,24-53H2,1-5H3/b11-9-,17-15-,23-21-.